The second-order valence-corrected chi connectivity index (χ2v) is 6.22. The van der Waals surface area contributed by atoms with Crippen LogP contribution in [0.2, 0.25) is 0 Å². The fourth-order valence-electron chi connectivity index (χ4n) is 3.04. The van der Waals surface area contributed by atoms with E-state index in [2.05, 4.69) is 10.1 Å². The van der Waals surface area contributed by atoms with Crippen LogP contribution in [0, 0.1) is 12.7 Å². The number of halogens is 1. The summed E-state index contributed by atoms with van der Waals surface area (Å²) in [6.45, 7) is 3.76. The minimum absolute atomic E-state index is 0.0917. The van der Waals surface area contributed by atoms with Gasteiger partial charge in [0.15, 0.2) is 0 Å². The van der Waals surface area contributed by atoms with E-state index in [0.29, 0.717) is 17.3 Å². The number of nitrogens with zero attached hydrogens (tertiary/aromatic N) is 2. The molecule has 2 unspecified atom stereocenters. The predicted octanol–water partition coefficient (Wildman–Crippen LogP) is 3.56. The van der Waals surface area contributed by atoms with Crippen LogP contribution in [0.3, 0.4) is 0 Å². The molecule has 1 heterocycles. The Kier molecular flexibility index (Phi) is 3.53. The Labute approximate surface area is 123 Å². The molecule has 1 aromatic heterocycles. The Morgan fingerprint density at radius 1 is 1.38 bits per heavy atom. The molecule has 0 aliphatic heterocycles. The number of rotatable bonds is 2. The maximum Gasteiger partial charge on any atom is 0.231 e. The van der Waals surface area contributed by atoms with Crippen molar-refractivity contribution in [2.24, 2.45) is 5.73 Å². The molecule has 2 N–H and O–H groups in total. The minimum Gasteiger partial charge on any atom is -0.339 e. The first-order valence-electron chi connectivity index (χ1n) is 7.36. The summed E-state index contributed by atoms with van der Waals surface area (Å²) in [5.41, 5.74) is 7.40. The third kappa shape index (κ3) is 2.70. The Morgan fingerprint density at radius 3 is 2.90 bits per heavy atom. The monoisotopic (exact) mass is 289 g/mol. The molecule has 0 spiro atoms. The quantitative estimate of drug-likeness (QED) is 0.918. The van der Waals surface area contributed by atoms with Crippen molar-refractivity contribution in [3.05, 3.63) is 35.5 Å². The topological polar surface area (TPSA) is 64.9 Å². The number of hydrogen-bond acceptors (Lipinski definition) is 4. The smallest absolute Gasteiger partial charge is 0.231 e. The summed E-state index contributed by atoms with van der Waals surface area (Å²) in [4.78, 5) is 4.49. The summed E-state index contributed by atoms with van der Waals surface area (Å²) >= 11 is 0. The van der Waals surface area contributed by atoms with Gasteiger partial charge in [-0.3, -0.25) is 0 Å². The molecule has 1 aliphatic carbocycles. The van der Waals surface area contributed by atoms with Crippen LogP contribution in [-0.4, -0.2) is 15.7 Å². The first kappa shape index (κ1) is 14.2. The molecule has 2 aromatic rings. The molecule has 4 nitrogen and oxygen atoms in total. The second-order valence-electron chi connectivity index (χ2n) is 6.22. The normalized spacial score (nSPS) is 26.0. The van der Waals surface area contributed by atoms with Crippen LogP contribution in [0.1, 0.15) is 50.0 Å². The highest BCUT2D eigenvalue weighted by Gasteiger charge is 2.37. The zero-order valence-corrected chi connectivity index (χ0v) is 12.4. The van der Waals surface area contributed by atoms with Crippen molar-refractivity contribution in [1.29, 1.82) is 0 Å². The molecule has 0 amide bonds. The van der Waals surface area contributed by atoms with Crippen molar-refractivity contribution in [2.45, 2.75) is 51.0 Å². The zero-order chi connectivity index (χ0) is 15.0. The van der Waals surface area contributed by atoms with Crippen LogP contribution in [0.5, 0.6) is 0 Å². The van der Waals surface area contributed by atoms with Gasteiger partial charge in [0.05, 0.1) is 5.92 Å². The van der Waals surface area contributed by atoms with Gasteiger partial charge >= 0.3 is 0 Å². The molecule has 0 saturated heterocycles. The average Bonchev–Trinajstić information content (AvgIpc) is 2.91. The van der Waals surface area contributed by atoms with Gasteiger partial charge < -0.3 is 10.3 Å². The Morgan fingerprint density at radius 2 is 2.19 bits per heavy atom. The van der Waals surface area contributed by atoms with E-state index in [1.165, 1.54) is 6.07 Å². The van der Waals surface area contributed by atoms with Gasteiger partial charge in [0.2, 0.25) is 11.7 Å². The van der Waals surface area contributed by atoms with E-state index in [1.54, 1.807) is 19.1 Å². The number of benzene rings is 1. The molecular weight excluding hydrogens is 269 g/mol. The highest BCUT2D eigenvalue weighted by Crippen LogP contribution is 2.38. The molecule has 2 atom stereocenters. The Hall–Kier alpha value is -1.75. The van der Waals surface area contributed by atoms with Gasteiger partial charge in [-0.15, -0.1) is 0 Å². The minimum atomic E-state index is -0.305. The van der Waals surface area contributed by atoms with E-state index in [4.69, 9.17) is 10.3 Å². The zero-order valence-electron chi connectivity index (χ0n) is 12.4. The molecule has 1 aromatic carbocycles. The summed E-state index contributed by atoms with van der Waals surface area (Å²) in [5.74, 6) is 0.949. The molecular formula is C16H20FN3O. The molecule has 21 heavy (non-hydrogen) atoms. The summed E-state index contributed by atoms with van der Waals surface area (Å²) in [6.07, 6.45) is 4.20. The predicted molar refractivity (Wildman–Crippen MR) is 78.2 cm³/mol. The van der Waals surface area contributed by atoms with Gasteiger partial charge in [-0.1, -0.05) is 18.0 Å². The van der Waals surface area contributed by atoms with E-state index >= 15 is 0 Å². The molecule has 1 fully saturated rings. The van der Waals surface area contributed by atoms with Crippen molar-refractivity contribution in [3.8, 4) is 11.4 Å². The summed E-state index contributed by atoms with van der Waals surface area (Å²) in [7, 11) is 0. The second kappa shape index (κ2) is 5.22. The fourth-order valence-corrected chi connectivity index (χ4v) is 3.04. The molecule has 1 aliphatic rings. The van der Waals surface area contributed by atoms with E-state index in [0.717, 1.165) is 31.2 Å². The lowest BCUT2D eigenvalue weighted by molar-refractivity contribution is 0.223. The van der Waals surface area contributed by atoms with E-state index < -0.39 is 0 Å². The Balaban J connectivity index is 1.90. The van der Waals surface area contributed by atoms with Crippen molar-refractivity contribution < 1.29 is 8.91 Å². The van der Waals surface area contributed by atoms with Gasteiger partial charge in [0, 0.05) is 11.1 Å². The lowest BCUT2D eigenvalue weighted by Crippen LogP contribution is -2.44. The first-order valence-corrected chi connectivity index (χ1v) is 7.36. The van der Waals surface area contributed by atoms with Crippen LogP contribution in [-0.2, 0) is 0 Å². The van der Waals surface area contributed by atoms with Crippen molar-refractivity contribution in [1.82, 2.24) is 10.1 Å². The molecule has 112 valence electrons. The molecule has 3 rings (SSSR count). The Bertz CT molecular complexity index is 651. The third-order valence-electron chi connectivity index (χ3n) is 4.41. The first-order chi connectivity index (χ1) is 9.97. The highest BCUT2D eigenvalue weighted by molar-refractivity contribution is 5.55. The summed E-state index contributed by atoms with van der Waals surface area (Å²) < 4.78 is 18.8. The van der Waals surface area contributed by atoms with Gasteiger partial charge in [0.25, 0.3) is 0 Å². The van der Waals surface area contributed by atoms with E-state index in [-0.39, 0.29) is 17.3 Å². The highest BCUT2D eigenvalue weighted by atomic mass is 19.1. The maximum absolute atomic E-state index is 13.3. The number of aromatic nitrogens is 2. The summed E-state index contributed by atoms with van der Waals surface area (Å²) in [6, 6.07) is 4.82. The number of nitrogens with two attached hydrogens (primary N) is 1. The lowest BCUT2D eigenvalue weighted by Gasteiger charge is -2.35. The van der Waals surface area contributed by atoms with E-state index in [1.807, 2.05) is 6.92 Å². The summed E-state index contributed by atoms with van der Waals surface area (Å²) in [5, 5.41) is 4.03. The molecule has 0 radical (unpaired) electrons. The van der Waals surface area contributed by atoms with Gasteiger partial charge in [-0.05, 0) is 50.5 Å². The average molecular weight is 289 g/mol. The third-order valence-corrected chi connectivity index (χ3v) is 4.41. The van der Waals surface area contributed by atoms with Crippen LogP contribution in [0.15, 0.2) is 22.7 Å². The maximum atomic E-state index is 13.3. The SMILES string of the molecule is Cc1cc(-c2noc(C3CCCCC3(C)N)n2)ccc1F. The van der Waals surface area contributed by atoms with Gasteiger partial charge in [0.1, 0.15) is 5.82 Å². The van der Waals surface area contributed by atoms with Gasteiger partial charge in [-0.2, -0.15) is 4.98 Å². The van der Waals surface area contributed by atoms with Gasteiger partial charge in [-0.25, -0.2) is 4.39 Å². The van der Waals surface area contributed by atoms with E-state index in [9.17, 15) is 4.39 Å². The fraction of sp³-hybridized carbons (Fsp3) is 0.500. The lowest BCUT2D eigenvalue weighted by atomic mass is 9.74. The molecule has 0 bridgehead atoms. The van der Waals surface area contributed by atoms with Crippen molar-refractivity contribution in [3.63, 3.8) is 0 Å². The van der Waals surface area contributed by atoms with Crippen LogP contribution < -0.4 is 5.73 Å². The standard InChI is InChI=1S/C16H20FN3O/c1-10-9-11(6-7-13(10)17)14-19-15(21-20-14)12-5-3-4-8-16(12,2)18/h6-7,9,12H,3-5,8,18H2,1-2H3. The molecule has 5 heteroatoms. The van der Waals surface area contributed by atoms with Crippen LogP contribution >= 0.6 is 0 Å². The van der Waals surface area contributed by atoms with Crippen LogP contribution in [0.4, 0.5) is 4.39 Å². The van der Waals surface area contributed by atoms with Crippen LogP contribution in [0.25, 0.3) is 11.4 Å². The molecule has 1 saturated carbocycles. The number of hydrogen-bond donors (Lipinski definition) is 1. The van der Waals surface area contributed by atoms with Crippen molar-refractivity contribution in [2.75, 3.05) is 0 Å². The largest absolute Gasteiger partial charge is 0.339 e. The number of aryl methyl sites for hydroxylation is 1. The van der Waals surface area contributed by atoms with Crippen molar-refractivity contribution >= 4 is 0 Å².